The Kier molecular flexibility index (Phi) is 7.54. The summed E-state index contributed by atoms with van der Waals surface area (Å²) in [5.74, 6) is -0.406. The molecular weight excluding hydrogens is 399 g/mol. The van der Waals surface area contributed by atoms with Crippen LogP contribution in [0.15, 0.2) is 54.6 Å². The molecule has 1 fully saturated rings. The van der Waals surface area contributed by atoms with Crippen molar-refractivity contribution >= 4 is 23.9 Å². The number of ether oxygens (including phenoxy) is 1. The van der Waals surface area contributed by atoms with Gasteiger partial charge in [-0.3, -0.25) is 14.4 Å². The third-order valence-electron chi connectivity index (χ3n) is 5.11. The highest BCUT2D eigenvalue weighted by Crippen LogP contribution is 2.20. The van der Waals surface area contributed by atoms with E-state index in [1.54, 1.807) is 47.4 Å². The lowest BCUT2D eigenvalue weighted by Crippen LogP contribution is -2.41. The number of esters is 1. The number of hydrogen-bond acceptors (Lipinski definition) is 4. The van der Waals surface area contributed by atoms with Crippen molar-refractivity contribution in [1.29, 1.82) is 0 Å². The van der Waals surface area contributed by atoms with Crippen molar-refractivity contribution in [3.05, 3.63) is 71.6 Å². The van der Waals surface area contributed by atoms with Gasteiger partial charge in [-0.2, -0.15) is 0 Å². The molecule has 1 aliphatic heterocycles. The van der Waals surface area contributed by atoms with E-state index in [9.17, 15) is 18.8 Å². The number of hydrogen-bond donors (Lipinski definition) is 1. The normalized spacial score (nSPS) is 14.5. The molecule has 2 aromatic rings. The van der Waals surface area contributed by atoms with E-state index in [1.165, 1.54) is 25.1 Å². The molecule has 7 heteroatoms. The van der Waals surface area contributed by atoms with Crippen LogP contribution in [0.3, 0.4) is 0 Å². The number of rotatable bonds is 6. The molecule has 6 nitrogen and oxygen atoms in total. The molecule has 0 saturated carbocycles. The maximum absolute atomic E-state index is 12.9. The molecule has 31 heavy (non-hydrogen) atoms. The van der Waals surface area contributed by atoms with Crippen molar-refractivity contribution in [3.63, 3.8) is 0 Å². The second-order valence-corrected chi connectivity index (χ2v) is 7.49. The third kappa shape index (κ3) is 6.77. The number of piperidine rings is 1. The summed E-state index contributed by atoms with van der Waals surface area (Å²) in [5, 5.41) is 2.88. The number of nitrogens with one attached hydrogen (secondary N) is 1. The van der Waals surface area contributed by atoms with Crippen LogP contribution in [-0.4, -0.2) is 42.3 Å². The molecule has 1 saturated heterocycles. The number of halogens is 1. The SMILES string of the molecule is CC(=O)Oc1cccc(C(=O)N2CCC(CNC(=O)/C=C/c3ccc(F)cc3)CC2)c1. The summed E-state index contributed by atoms with van der Waals surface area (Å²) >= 11 is 0. The van der Waals surface area contributed by atoms with Gasteiger partial charge in [0.2, 0.25) is 5.91 Å². The van der Waals surface area contributed by atoms with Gasteiger partial charge < -0.3 is 15.0 Å². The van der Waals surface area contributed by atoms with Crippen molar-refractivity contribution in [2.45, 2.75) is 19.8 Å². The van der Waals surface area contributed by atoms with Crippen LogP contribution in [0.2, 0.25) is 0 Å². The molecule has 1 aliphatic rings. The van der Waals surface area contributed by atoms with Gasteiger partial charge in [-0.05, 0) is 60.7 Å². The van der Waals surface area contributed by atoms with Gasteiger partial charge in [-0.1, -0.05) is 18.2 Å². The standard InChI is InChI=1S/C24H25FN2O4/c1-17(28)31-22-4-2-3-20(15-22)24(30)27-13-11-19(12-14-27)16-26-23(29)10-7-18-5-8-21(25)9-6-18/h2-10,15,19H,11-14,16H2,1H3,(H,26,29)/b10-7+. The quantitative estimate of drug-likeness (QED) is 0.438. The van der Waals surface area contributed by atoms with Gasteiger partial charge in [0.05, 0.1) is 0 Å². The van der Waals surface area contributed by atoms with E-state index < -0.39 is 5.97 Å². The highest BCUT2D eigenvalue weighted by atomic mass is 19.1. The number of amides is 2. The molecule has 0 bridgehead atoms. The van der Waals surface area contributed by atoms with Crippen LogP contribution in [0, 0.1) is 11.7 Å². The molecule has 2 aromatic carbocycles. The molecule has 0 aliphatic carbocycles. The van der Waals surface area contributed by atoms with Crippen molar-refractivity contribution in [3.8, 4) is 5.75 Å². The third-order valence-corrected chi connectivity index (χ3v) is 5.11. The Morgan fingerprint density at radius 2 is 1.84 bits per heavy atom. The van der Waals surface area contributed by atoms with E-state index in [2.05, 4.69) is 5.32 Å². The van der Waals surface area contributed by atoms with Gasteiger partial charge in [0, 0.05) is 38.2 Å². The average molecular weight is 424 g/mol. The smallest absolute Gasteiger partial charge is 0.308 e. The van der Waals surface area contributed by atoms with E-state index in [0.29, 0.717) is 36.9 Å². The molecule has 0 atom stereocenters. The molecule has 0 radical (unpaired) electrons. The Labute approximate surface area is 180 Å². The van der Waals surface area contributed by atoms with Gasteiger partial charge >= 0.3 is 5.97 Å². The van der Waals surface area contributed by atoms with Crippen LogP contribution in [-0.2, 0) is 9.59 Å². The Hall–Kier alpha value is -3.48. The predicted octanol–water partition coefficient (Wildman–Crippen LogP) is 3.43. The van der Waals surface area contributed by atoms with E-state index in [1.807, 2.05) is 0 Å². The van der Waals surface area contributed by atoms with Gasteiger partial charge in [0.25, 0.3) is 5.91 Å². The van der Waals surface area contributed by atoms with E-state index >= 15 is 0 Å². The Morgan fingerprint density at radius 1 is 1.13 bits per heavy atom. The summed E-state index contributed by atoms with van der Waals surface area (Å²) in [6, 6.07) is 12.5. The number of benzene rings is 2. The van der Waals surface area contributed by atoms with Crippen LogP contribution in [0.1, 0.15) is 35.7 Å². The molecule has 0 unspecified atom stereocenters. The largest absolute Gasteiger partial charge is 0.427 e. The minimum absolute atomic E-state index is 0.0984. The van der Waals surface area contributed by atoms with Crippen LogP contribution in [0.4, 0.5) is 4.39 Å². The van der Waals surface area contributed by atoms with Crippen LogP contribution in [0.25, 0.3) is 6.08 Å². The zero-order valence-corrected chi connectivity index (χ0v) is 17.3. The van der Waals surface area contributed by atoms with Crippen molar-refractivity contribution in [1.82, 2.24) is 10.2 Å². The van der Waals surface area contributed by atoms with Crippen LogP contribution < -0.4 is 10.1 Å². The predicted molar refractivity (Wildman–Crippen MR) is 115 cm³/mol. The molecule has 1 N–H and O–H groups in total. The lowest BCUT2D eigenvalue weighted by atomic mass is 9.96. The Morgan fingerprint density at radius 3 is 2.52 bits per heavy atom. The summed E-state index contributed by atoms with van der Waals surface area (Å²) in [6.45, 7) is 3.05. The number of carbonyl (C=O) groups excluding carboxylic acids is 3. The summed E-state index contributed by atoms with van der Waals surface area (Å²) in [6.07, 6.45) is 4.65. The second-order valence-electron chi connectivity index (χ2n) is 7.49. The molecule has 0 aromatic heterocycles. The summed E-state index contributed by atoms with van der Waals surface area (Å²) in [4.78, 5) is 37.6. The molecule has 2 amide bonds. The fourth-order valence-electron chi connectivity index (χ4n) is 3.43. The zero-order chi connectivity index (χ0) is 22.2. The zero-order valence-electron chi connectivity index (χ0n) is 17.3. The topological polar surface area (TPSA) is 75.7 Å². The summed E-state index contributed by atoms with van der Waals surface area (Å²) < 4.78 is 17.9. The summed E-state index contributed by atoms with van der Waals surface area (Å²) in [7, 11) is 0. The monoisotopic (exact) mass is 424 g/mol. The first-order valence-corrected chi connectivity index (χ1v) is 10.2. The first-order valence-electron chi connectivity index (χ1n) is 10.2. The molecule has 162 valence electrons. The fourth-order valence-corrected chi connectivity index (χ4v) is 3.43. The lowest BCUT2D eigenvalue weighted by molar-refractivity contribution is -0.131. The van der Waals surface area contributed by atoms with E-state index in [4.69, 9.17) is 4.74 Å². The first-order chi connectivity index (χ1) is 14.9. The lowest BCUT2D eigenvalue weighted by Gasteiger charge is -2.32. The maximum Gasteiger partial charge on any atom is 0.308 e. The maximum atomic E-state index is 12.9. The molecule has 0 spiro atoms. The molecule has 1 heterocycles. The van der Waals surface area contributed by atoms with Crippen LogP contribution in [0.5, 0.6) is 5.75 Å². The van der Waals surface area contributed by atoms with Gasteiger partial charge in [0.15, 0.2) is 0 Å². The second kappa shape index (κ2) is 10.5. The van der Waals surface area contributed by atoms with Gasteiger partial charge in [-0.15, -0.1) is 0 Å². The first kappa shape index (κ1) is 22.2. The van der Waals surface area contributed by atoms with Crippen LogP contribution >= 0.6 is 0 Å². The van der Waals surface area contributed by atoms with E-state index in [0.717, 1.165) is 18.4 Å². The van der Waals surface area contributed by atoms with Crippen molar-refractivity contribution < 1.29 is 23.5 Å². The number of likely N-dealkylation sites (tertiary alicyclic amines) is 1. The Bertz CT molecular complexity index is 964. The highest BCUT2D eigenvalue weighted by molar-refractivity contribution is 5.95. The number of nitrogens with zero attached hydrogens (tertiary/aromatic N) is 1. The van der Waals surface area contributed by atoms with Crippen molar-refractivity contribution in [2.24, 2.45) is 5.92 Å². The Balaban J connectivity index is 1.44. The van der Waals surface area contributed by atoms with Crippen molar-refractivity contribution in [2.75, 3.05) is 19.6 Å². The fraction of sp³-hybridized carbons (Fsp3) is 0.292. The summed E-state index contributed by atoms with van der Waals surface area (Å²) in [5.41, 5.74) is 1.23. The number of carbonyl (C=O) groups is 3. The average Bonchev–Trinajstić information content (AvgIpc) is 2.77. The molecular formula is C24H25FN2O4. The van der Waals surface area contributed by atoms with Gasteiger partial charge in [-0.25, -0.2) is 4.39 Å². The highest BCUT2D eigenvalue weighted by Gasteiger charge is 2.24. The minimum atomic E-state index is -0.431. The minimum Gasteiger partial charge on any atom is -0.427 e. The van der Waals surface area contributed by atoms with Gasteiger partial charge in [0.1, 0.15) is 11.6 Å². The van der Waals surface area contributed by atoms with E-state index in [-0.39, 0.29) is 17.6 Å². The molecule has 3 rings (SSSR count).